The Morgan fingerprint density at radius 3 is 2.71 bits per heavy atom. The summed E-state index contributed by atoms with van der Waals surface area (Å²) in [7, 11) is 1.34. The van der Waals surface area contributed by atoms with Crippen LogP contribution in [0.5, 0.6) is 0 Å². The molecule has 0 aromatic rings. The van der Waals surface area contributed by atoms with Crippen LogP contribution in [0.25, 0.3) is 0 Å². The topological polar surface area (TPSA) is 55.8 Å². The van der Waals surface area contributed by atoms with Gasteiger partial charge in [-0.1, -0.05) is 32.1 Å². The number of carbonyl (C=O) groups is 2. The molecule has 1 aliphatic heterocycles. The van der Waals surface area contributed by atoms with Gasteiger partial charge in [0.2, 0.25) is 5.91 Å². The predicted molar refractivity (Wildman–Crippen MR) is 78.8 cm³/mol. The van der Waals surface area contributed by atoms with E-state index in [9.17, 15) is 9.59 Å². The highest BCUT2D eigenvalue weighted by molar-refractivity contribution is 5.79. The van der Waals surface area contributed by atoms with Crippen molar-refractivity contribution in [2.24, 2.45) is 5.92 Å². The first-order valence-corrected chi connectivity index (χ1v) is 8.18. The molecule has 1 atom stereocenters. The van der Waals surface area contributed by atoms with Gasteiger partial charge >= 0.3 is 5.97 Å². The van der Waals surface area contributed by atoms with Crippen molar-refractivity contribution in [2.45, 2.75) is 57.5 Å². The number of nitrogens with zero attached hydrogens (tertiary/aromatic N) is 1. The molecule has 5 nitrogen and oxygen atoms in total. The van der Waals surface area contributed by atoms with Crippen LogP contribution >= 0.6 is 0 Å². The Hall–Kier alpha value is -1.10. The molecule has 120 valence electrons. The van der Waals surface area contributed by atoms with Crippen LogP contribution in [0.4, 0.5) is 0 Å². The summed E-state index contributed by atoms with van der Waals surface area (Å²) in [5.74, 6) is 0.566. The number of amides is 1. The van der Waals surface area contributed by atoms with Gasteiger partial charge in [-0.25, -0.2) is 4.79 Å². The quantitative estimate of drug-likeness (QED) is 0.730. The van der Waals surface area contributed by atoms with E-state index in [0.29, 0.717) is 26.1 Å². The van der Waals surface area contributed by atoms with Gasteiger partial charge in [0.15, 0.2) is 6.10 Å². The highest BCUT2D eigenvalue weighted by Gasteiger charge is 2.29. The minimum absolute atomic E-state index is 0.142. The molecular weight excluding hydrogens is 270 g/mol. The summed E-state index contributed by atoms with van der Waals surface area (Å²) in [5, 5.41) is 0. The van der Waals surface area contributed by atoms with Crippen LogP contribution in [-0.4, -0.2) is 49.7 Å². The summed E-state index contributed by atoms with van der Waals surface area (Å²) >= 11 is 0. The van der Waals surface area contributed by atoms with E-state index in [4.69, 9.17) is 4.74 Å². The zero-order valence-electron chi connectivity index (χ0n) is 13.0. The minimum atomic E-state index is -0.619. The lowest BCUT2D eigenvalue weighted by Gasteiger charge is -2.31. The molecule has 0 aromatic carbocycles. The van der Waals surface area contributed by atoms with Crippen LogP contribution in [0.1, 0.15) is 51.4 Å². The molecule has 1 saturated heterocycles. The lowest BCUT2D eigenvalue weighted by Crippen LogP contribution is -2.48. The second kappa shape index (κ2) is 8.37. The van der Waals surface area contributed by atoms with E-state index in [1.165, 1.54) is 39.2 Å². The Bertz CT molecular complexity index is 352. The maximum absolute atomic E-state index is 12.2. The van der Waals surface area contributed by atoms with Crippen LogP contribution in [0.2, 0.25) is 0 Å². The van der Waals surface area contributed by atoms with Gasteiger partial charge in [0, 0.05) is 13.0 Å². The molecule has 21 heavy (non-hydrogen) atoms. The van der Waals surface area contributed by atoms with E-state index >= 15 is 0 Å². The molecule has 1 aliphatic carbocycles. The highest BCUT2D eigenvalue weighted by Crippen LogP contribution is 2.27. The van der Waals surface area contributed by atoms with Gasteiger partial charge in [-0.15, -0.1) is 0 Å². The van der Waals surface area contributed by atoms with E-state index in [1.54, 1.807) is 4.90 Å². The molecule has 2 aliphatic rings. The van der Waals surface area contributed by atoms with Crippen LogP contribution in [0.3, 0.4) is 0 Å². The Balaban J connectivity index is 1.68. The Kier molecular flexibility index (Phi) is 6.49. The smallest absolute Gasteiger partial charge is 0.336 e. The Morgan fingerprint density at radius 2 is 2.00 bits per heavy atom. The number of hydrogen-bond donors (Lipinski definition) is 0. The molecule has 5 heteroatoms. The number of esters is 1. The lowest BCUT2D eigenvalue weighted by atomic mass is 9.86. The molecule has 0 radical (unpaired) electrons. The van der Waals surface area contributed by atoms with Crippen molar-refractivity contribution >= 4 is 11.9 Å². The van der Waals surface area contributed by atoms with Crippen molar-refractivity contribution < 1.29 is 19.1 Å². The summed E-state index contributed by atoms with van der Waals surface area (Å²) in [6.07, 6.45) is 8.83. The van der Waals surface area contributed by atoms with E-state index in [0.717, 1.165) is 18.8 Å². The van der Waals surface area contributed by atoms with Gasteiger partial charge in [-0.05, 0) is 18.8 Å². The van der Waals surface area contributed by atoms with Crippen LogP contribution < -0.4 is 0 Å². The fourth-order valence-corrected chi connectivity index (χ4v) is 3.33. The van der Waals surface area contributed by atoms with E-state index in [2.05, 4.69) is 4.74 Å². The molecule has 2 fully saturated rings. The number of rotatable bonds is 5. The maximum atomic E-state index is 12.2. The average molecular weight is 297 g/mol. The van der Waals surface area contributed by atoms with Crippen LogP contribution in [-0.2, 0) is 19.1 Å². The molecule has 1 unspecified atom stereocenters. The van der Waals surface area contributed by atoms with E-state index in [1.807, 2.05) is 0 Å². The van der Waals surface area contributed by atoms with Gasteiger partial charge < -0.3 is 14.4 Å². The van der Waals surface area contributed by atoms with Crippen LogP contribution in [0.15, 0.2) is 0 Å². The second-order valence-corrected chi connectivity index (χ2v) is 6.12. The summed E-state index contributed by atoms with van der Waals surface area (Å²) in [4.78, 5) is 25.4. The van der Waals surface area contributed by atoms with Crippen molar-refractivity contribution in [1.82, 2.24) is 4.90 Å². The molecule has 0 aromatic heterocycles. The van der Waals surface area contributed by atoms with E-state index in [-0.39, 0.29) is 5.91 Å². The molecule has 0 bridgehead atoms. The van der Waals surface area contributed by atoms with Crippen molar-refractivity contribution in [3.63, 3.8) is 0 Å². The third kappa shape index (κ3) is 4.99. The van der Waals surface area contributed by atoms with Gasteiger partial charge in [-0.2, -0.15) is 0 Å². The number of carbonyl (C=O) groups excluding carboxylic acids is 2. The van der Waals surface area contributed by atoms with Crippen molar-refractivity contribution in [1.29, 1.82) is 0 Å². The number of morpholine rings is 1. The minimum Gasteiger partial charge on any atom is -0.467 e. The zero-order valence-corrected chi connectivity index (χ0v) is 13.0. The normalized spacial score (nSPS) is 23.9. The highest BCUT2D eigenvalue weighted by atomic mass is 16.6. The van der Waals surface area contributed by atoms with E-state index < -0.39 is 12.1 Å². The van der Waals surface area contributed by atoms with Crippen molar-refractivity contribution in [3.8, 4) is 0 Å². The van der Waals surface area contributed by atoms with Gasteiger partial charge in [-0.3, -0.25) is 4.79 Å². The van der Waals surface area contributed by atoms with Crippen LogP contribution in [0, 0.1) is 5.92 Å². The zero-order chi connectivity index (χ0) is 15.1. The largest absolute Gasteiger partial charge is 0.467 e. The summed E-state index contributed by atoms with van der Waals surface area (Å²) in [6.45, 7) is 1.32. The third-order valence-corrected chi connectivity index (χ3v) is 4.61. The molecule has 1 saturated carbocycles. The first kappa shape index (κ1) is 16.3. The SMILES string of the molecule is COC(=O)C1CN(C(=O)CCCC2CCCCC2)CCO1. The van der Waals surface area contributed by atoms with Gasteiger partial charge in [0.1, 0.15) is 0 Å². The molecule has 1 amide bonds. The first-order valence-electron chi connectivity index (χ1n) is 8.18. The number of methoxy groups -OCH3 is 1. The first-order chi connectivity index (χ1) is 10.2. The lowest BCUT2D eigenvalue weighted by molar-refractivity contribution is -0.162. The summed E-state index contributed by atoms with van der Waals surface area (Å²) in [6, 6.07) is 0. The molecule has 1 heterocycles. The molecular formula is C16H27NO4. The fraction of sp³-hybridized carbons (Fsp3) is 0.875. The van der Waals surface area contributed by atoms with Crippen molar-refractivity contribution in [3.05, 3.63) is 0 Å². The standard InChI is InChI=1S/C16H27NO4/c1-20-16(19)14-12-17(10-11-21-14)15(18)9-5-8-13-6-3-2-4-7-13/h13-14H,2-12H2,1H3. The number of hydrogen-bond acceptors (Lipinski definition) is 4. The molecule has 0 spiro atoms. The molecule has 0 N–H and O–H groups in total. The monoisotopic (exact) mass is 297 g/mol. The Morgan fingerprint density at radius 1 is 1.24 bits per heavy atom. The Labute approximate surface area is 127 Å². The van der Waals surface area contributed by atoms with Gasteiger partial charge in [0.25, 0.3) is 0 Å². The summed E-state index contributed by atoms with van der Waals surface area (Å²) < 4.78 is 10.0. The van der Waals surface area contributed by atoms with Gasteiger partial charge in [0.05, 0.1) is 20.3 Å². The molecule has 2 rings (SSSR count). The van der Waals surface area contributed by atoms with Crippen molar-refractivity contribution in [2.75, 3.05) is 26.8 Å². The summed E-state index contributed by atoms with van der Waals surface area (Å²) in [5.41, 5.74) is 0. The fourth-order valence-electron chi connectivity index (χ4n) is 3.33. The number of ether oxygens (including phenoxy) is 2. The average Bonchev–Trinajstić information content (AvgIpc) is 2.55. The second-order valence-electron chi connectivity index (χ2n) is 6.12. The third-order valence-electron chi connectivity index (χ3n) is 4.61. The predicted octanol–water partition coefficient (Wildman–Crippen LogP) is 2.14. The maximum Gasteiger partial charge on any atom is 0.336 e.